The van der Waals surface area contributed by atoms with Gasteiger partial charge < -0.3 is 10.6 Å². The fourth-order valence-corrected chi connectivity index (χ4v) is 3.70. The second-order valence-corrected chi connectivity index (χ2v) is 7.75. The summed E-state index contributed by atoms with van der Waals surface area (Å²) < 4.78 is 0. The molecule has 4 atom stereocenters. The molecule has 140 valence electrons. The predicted molar refractivity (Wildman–Crippen MR) is 97.0 cm³/mol. The molecule has 1 aliphatic heterocycles. The van der Waals surface area contributed by atoms with E-state index in [0.29, 0.717) is 31.6 Å². The first-order chi connectivity index (χ1) is 11.2. The molecule has 5 N–H and O–H groups in total. The van der Waals surface area contributed by atoms with Crippen LogP contribution >= 0.6 is 0 Å². The number of piperidine rings is 1. The van der Waals surface area contributed by atoms with Gasteiger partial charge in [-0.05, 0) is 51.9 Å². The molecule has 24 heavy (non-hydrogen) atoms. The Bertz CT molecular complexity index is 443. The summed E-state index contributed by atoms with van der Waals surface area (Å²) in [5.74, 6) is 5.32. The zero-order valence-electron chi connectivity index (χ0n) is 16.0. The van der Waals surface area contributed by atoms with Gasteiger partial charge in [0.25, 0.3) is 0 Å². The Balaban J connectivity index is 2.57. The molecular weight excluding hydrogens is 304 g/mol. The van der Waals surface area contributed by atoms with Crippen molar-refractivity contribution in [2.24, 2.45) is 11.8 Å². The molecule has 4 unspecified atom stereocenters. The molecular formula is C18H36N4O2. The second kappa shape index (κ2) is 8.81. The van der Waals surface area contributed by atoms with Crippen LogP contribution in [-0.4, -0.2) is 28.9 Å². The molecule has 6 nitrogen and oxygen atoms in total. The summed E-state index contributed by atoms with van der Waals surface area (Å²) >= 11 is 0. The zero-order chi connectivity index (χ0) is 18.4. The Hall–Kier alpha value is -1.14. The minimum atomic E-state index is -0.181. The first kappa shape index (κ1) is 20.9. The van der Waals surface area contributed by atoms with Gasteiger partial charge >= 0.3 is 0 Å². The van der Waals surface area contributed by atoms with Gasteiger partial charge in [-0.3, -0.25) is 15.0 Å². The minimum absolute atomic E-state index is 0.0279. The van der Waals surface area contributed by atoms with E-state index in [-0.39, 0.29) is 28.9 Å². The van der Waals surface area contributed by atoms with E-state index in [1.165, 1.54) is 0 Å². The predicted octanol–water partition coefficient (Wildman–Crippen LogP) is 1.99. The van der Waals surface area contributed by atoms with Gasteiger partial charge in [0.15, 0.2) is 0 Å². The summed E-state index contributed by atoms with van der Waals surface area (Å²) in [5, 5.41) is 7.07. The van der Waals surface area contributed by atoms with Crippen LogP contribution in [0.5, 0.6) is 0 Å². The number of carbonyl (C=O) groups is 2. The summed E-state index contributed by atoms with van der Waals surface area (Å²) in [6.07, 6.45) is 5.23. The van der Waals surface area contributed by atoms with Crippen molar-refractivity contribution < 1.29 is 9.59 Å². The van der Waals surface area contributed by atoms with Gasteiger partial charge in [-0.15, -0.1) is 0 Å². The van der Waals surface area contributed by atoms with E-state index in [9.17, 15) is 9.59 Å². The Morgan fingerprint density at radius 2 is 1.71 bits per heavy atom. The molecule has 0 saturated carbocycles. The first-order valence-electron chi connectivity index (χ1n) is 9.28. The monoisotopic (exact) mass is 340 g/mol. The van der Waals surface area contributed by atoms with Crippen molar-refractivity contribution in [2.75, 3.05) is 0 Å². The molecule has 1 fully saturated rings. The molecule has 2 amide bonds. The third-order valence-electron chi connectivity index (χ3n) is 5.95. The Kier molecular flexibility index (Phi) is 7.67. The lowest BCUT2D eigenvalue weighted by atomic mass is 9.69. The number of unbranched alkanes of at least 4 members (excludes halogenated alkanes) is 1. The second-order valence-electron chi connectivity index (χ2n) is 7.75. The van der Waals surface area contributed by atoms with Gasteiger partial charge in [0.05, 0.1) is 0 Å². The number of nitrogens with two attached hydrogens (primary N) is 1. The topological polar surface area (TPSA) is 96.2 Å². The van der Waals surface area contributed by atoms with Crippen molar-refractivity contribution in [2.45, 2.75) is 96.7 Å². The molecule has 1 aliphatic rings. The molecule has 0 aromatic rings. The molecule has 0 spiro atoms. The number of hydrogen-bond donors (Lipinski definition) is 4. The molecule has 6 heteroatoms. The quantitative estimate of drug-likeness (QED) is 0.235. The lowest BCUT2D eigenvalue weighted by molar-refractivity contribution is -0.124. The number of nitrogens with one attached hydrogen (secondary N) is 3. The Morgan fingerprint density at radius 3 is 2.21 bits per heavy atom. The Labute approximate surface area is 146 Å². The van der Waals surface area contributed by atoms with E-state index >= 15 is 0 Å². The smallest absolute Gasteiger partial charge is 0.233 e. The highest BCUT2D eigenvalue weighted by Gasteiger charge is 2.46. The summed E-state index contributed by atoms with van der Waals surface area (Å²) in [6, 6.07) is 0.181. The average Bonchev–Trinajstić information content (AvgIpc) is 2.56. The van der Waals surface area contributed by atoms with E-state index in [1.54, 1.807) is 0 Å². The van der Waals surface area contributed by atoms with Crippen LogP contribution in [0.4, 0.5) is 0 Å². The SMILES string of the molecule is CCC1(C)CC(NC(=O)CCCCC(=O)NN)C(C)C(C)(CC)N1. The van der Waals surface area contributed by atoms with E-state index in [2.05, 4.69) is 50.7 Å². The zero-order valence-corrected chi connectivity index (χ0v) is 16.0. The van der Waals surface area contributed by atoms with Crippen LogP contribution in [0.15, 0.2) is 0 Å². The van der Waals surface area contributed by atoms with Gasteiger partial charge in [0.2, 0.25) is 11.8 Å². The van der Waals surface area contributed by atoms with Gasteiger partial charge in [-0.2, -0.15) is 0 Å². The highest BCUT2D eigenvalue weighted by molar-refractivity contribution is 5.77. The molecule has 0 aromatic heterocycles. The van der Waals surface area contributed by atoms with Crippen molar-refractivity contribution in [1.29, 1.82) is 0 Å². The van der Waals surface area contributed by atoms with E-state index in [0.717, 1.165) is 19.3 Å². The fourth-order valence-electron chi connectivity index (χ4n) is 3.70. The largest absolute Gasteiger partial charge is 0.353 e. The summed E-state index contributed by atoms with van der Waals surface area (Å²) in [5.41, 5.74) is 2.19. The van der Waals surface area contributed by atoms with Crippen LogP contribution in [0.25, 0.3) is 0 Å². The third-order valence-corrected chi connectivity index (χ3v) is 5.95. The normalized spacial score (nSPS) is 33.1. The van der Waals surface area contributed by atoms with Crippen LogP contribution in [-0.2, 0) is 9.59 Å². The number of carbonyl (C=O) groups excluding carboxylic acids is 2. The van der Waals surface area contributed by atoms with E-state index in [4.69, 9.17) is 5.84 Å². The fraction of sp³-hybridized carbons (Fsp3) is 0.889. The lowest BCUT2D eigenvalue weighted by Crippen LogP contribution is -2.68. The highest BCUT2D eigenvalue weighted by Crippen LogP contribution is 2.37. The number of rotatable bonds is 8. The average molecular weight is 341 g/mol. The summed E-state index contributed by atoms with van der Waals surface area (Å²) in [4.78, 5) is 23.4. The van der Waals surface area contributed by atoms with Crippen molar-refractivity contribution >= 4 is 11.8 Å². The number of hydrogen-bond acceptors (Lipinski definition) is 4. The minimum Gasteiger partial charge on any atom is -0.353 e. The molecule has 0 aliphatic carbocycles. The summed E-state index contributed by atoms with van der Waals surface area (Å²) in [7, 11) is 0. The van der Waals surface area contributed by atoms with Crippen LogP contribution < -0.4 is 21.9 Å². The molecule has 0 bridgehead atoms. The van der Waals surface area contributed by atoms with Crippen molar-refractivity contribution in [3.05, 3.63) is 0 Å². The maximum atomic E-state index is 12.3. The van der Waals surface area contributed by atoms with Crippen molar-refractivity contribution in [1.82, 2.24) is 16.1 Å². The number of hydrazine groups is 1. The van der Waals surface area contributed by atoms with Crippen LogP contribution in [0.3, 0.4) is 0 Å². The van der Waals surface area contributed by atoms with Crippen molar-refractivity contribution in [3.8, 4) is 0 Å². The third kappa shape index (κ3) is 5.45. The standard InChI is InChI=1S/C18H36N4O2/c1-6-17(4)12-14(13(3)18(5,7-2)22-17)20-15(23)10-8-9-11-16(24)21-19/h13-14,22H,6-12,19H2,1-5H3,(H,20,23)(H,21,24). The lowest BCUT2D eigenvalue weighted by Gasteiger charge is -2.53. The van der Waals surface area contributed by atoms with Crippen molar-refractivity contribution in [3.63, 3.8) is 0 Å². The Morgan fingerprint density at radius 1 is 1.12 bits per heavy atom. The van der Waals surface area contributed by atoms with Crippen LogP contribution in [0, 0.1) is 5.92 Å². The maximum absolute atomic E-state index is 12.3. The summed E-state index contributed by atoms with van der Waals surface area (Å²) in [6.45, 7) is 11.1. The van der Waals surface area contributed by atoms with Crippen LogP contribution in [0.2, 0.25) is 0 Å². The molecule has 1 rings (SSSR count). The van der Waals surface area contributed by atoms with Gasteiger partial charge in [0, 0.05) is 30.0 Å². The molecule has 1 heterocycles. The van der Waals surface area contributed by atoms with E-state index in [1.807, 2.05) is 0 Å². The van der Waals surface area contributed by atoms with Gasteiger partial charge in [-0.25, -0.2) is 5.84 Å². The van der Waals surface area contributed by atoms with Crippen LogP contribution in [0.1, 0.15) is 79.6 Å². The molecule has 0 radical (unpaired) electrons. The van der Waals surface area contributed by atoms with Gasteiger partial charge in [-0.1, -0.05) is 20.8 Å². The molecule has 0 aromatic carbocycles. The highest BCUT2D eigenvalue weighted by atomic mass is 16.2. The first-order valence-corrected chi connectivity index (χ1v) is 9.28. The molecule has 1 saturated heterocycles. The van der Waals surface area contributed by atoms with Gasteiger partial charge in [0.1, 0.15) is 0 Å². The van der Waals surface area contributed by atoms with E-state index < -0.39 is 0 Å². The maximum Gasteiger partial charge on any atom is 0.233 e. The number of amides is 2.